The van der Waals surface area contributed by atoms with Gasteiger partial charge in [0.1, 0.15) is 11.6 Å². The van der Waals surface area contributed by atoms with Gasteiger partial charge in [0.25, 0.3) is 0 Å². The number of methoxy groups -OCH3 is 1. The molecule has 1 aliphatic rings. The molecule has 0 radical (unpaired) electrons. The highest BCUT2D eigenvalue weighted by Crippen LogP contribution is 2.40. The molecule has 0 amide bonds. The van der Waals surface area contributed by atoms with Crippen LogP contribution in [0, 0.1) is 12.7 Å². The van der Waals surface area contributed by atoms with Crippen molar-refractivity contribution >= 4 is 5.82 Å². The minimum atomic E-state index is -0.384. The molecule has 1 aromatic carbocycles. The number of hydrogen-bond acceptors (Lipinski definition) is 4. The SMILES string of the molecule is CNc1nc(C2CC2)nc(-c2cccc(OC)c2F)c1C. The van der Waals surface area contributed by atoms with Crippen molar-refractivity contribution in [1.82, 2.24) is 9.97 Å². The highest BCUT2D eigenvalue weighted by molar-refractivity contribution is 5.70. The fraction of sp³-hybridized carbons (Fsp3) is 0.375. The van der Waals surface area contributed by atoms with E-state index in [4.69, 9.17) is 4.74 Å². The van der Waals surface area contributed by atoms with E-state index < -0.39 is 0 Å². The quantitative estimate of drug-likeness (QED) is 0.934. The van der Waals surface area contributed by atoms with Crippen LogP contribution in [0.25, 0.3) is 11.3 Å². The number of rotatable bonds is 4. The Kier molecular flexibility index (Phi) is 3.49. The Labute approximate surface area is 123 Å². The second kappa shape index (κ2) is 5.31. The van der Waals surface area contributed by atoms with E-state index in [1.165, 1.54) is 7.11 Å². The molecule has 0 saturated heterocycles. The number of hydrogen-bond donors (Lipinski definition) is 1. The monoisotopic (exact) mass is 287 g/mol. The van der Waals surface area contributed by atoms with Gasteiger partial charge in [-0.3, -0.25) is 0 Å². The fourth-order valence-corrected chi connectivity index (χ4v) is 2.42. The molecular weight excluding hydrogens is 269 g/mol. The molecule has 1 heterocycles. The predicted molar refractivity (Wildman–Crippen MR) is 80.2 cm³/mol. The summed E-state index contributed by atoms with van der Waals surface area (Å²) < 4.78 is 19.6. The topological polar surface area (TPSA) is 47.0 Å². The third-order valence-electron chi connectivity index (χ3n) is 3.78. The molecule has 1 aromatic heterocycles. The van der Waals surface area contributed by atoms with Gasteiger partial charge in [0.05, 0.1) is 12.8 Å². The first kappa shape index (κ1) is 13.8. The van der Waals surface area contributed by atoms with Gasteiger partial charge in [-0.2, -0.15) is 0 Å². The van der Waals surface area contributed by atoms with E-state index in [0.717, 1.165) is 30.0 Å². The first-order valence-electron chi connectivity index (χ1n) is 7.04. The molecule has 4 nitrogen and oxygen atoms in total. The van der Waals surface area contributed by atoms with Gasteiger partial charge in [0, 0.05) is 24.1 Å². The minimum Gasteiger partial charge on any atom is -0.494 e. The summed E-state index contributed by atoms with van der Waals surface area (Å²) in [5.74, 6) is 1.80. The second-order valence-corrected chi connectivity index (χ2v) is 5.25. The lowest BCUT2D eigenvalue weighted by Gasteiger charge is -2.13. The maximum atomic E-state index is 14.5. The van der Waals surface area contributed by atoms with Crippen LogP contribution in [0.1, 0.15) is 30.1 Å². The molecule has 0 bridgehead atoms. The van der Waals surface area contributed by atoms with Crippen molar-refractivity contribution in [1.29, 1.82) is 0 Å². The summed E-state index contributed by atoms with van der Waals surface area (Å²) in [6.45, 7) is 1.90. The molecule has 110 valence electrons. The van der Waals surface area contributed by atoms with Crippen LogP contribution in [0.2, 0.25) is 0 Å². The molecule has 0 aliphatic heterocycles. The largest absolute Gasteiger partial charge is 0.494 e. The van der Waals surface area contributed by atoms with Gasteiger partial charge < -0.3 is 10.1 Å². The summed E-state index contributed by atoms with van der Waals surface area (Å²) in [5.41, 5.74) is 1.93. The second-order valence-electron chi connectivity index (χ2n) is 5.25. The summed E-state index contributed by atoms with van der Waals surface area (Å²) in [7, 11) is 3.28. The first-order valence-corrected chi connectivity index (χ1v) is 7.04. The average molecular weight is 287 g/mol. The number of nitrogens with one attached hydrogen (secondary N) is 1. The number of aromatic nitrogens is 2. The molecule has 0 spiro atoms. The van der Waals surface area contributed by atoms with Crippen molar-refractivity contribution in [2.24, 2.45) is 0 Å². The molecule has 0 unspecified atom stereocenters. The van der Waals surface area contributed by atoms with Crippen LogP contribution in [0.15, 0.2) is 18.2 Å². The Morgan fingerprint density at radius 2 is 2.05 bits per heavy atom. The van der Waals surface area contributed by atoms with Gasteiger partial charge in [-0.25, -0.2) is 14.4 Å². The predicted octanol–water partition coefficient (Wildman–Crippen LogP) is 3.52. The van der Waals surface area contributed by atoms with Gasteiger partial charge in [0.15, 0.2) is 11.6 Å². The van der Waals surface area contributed by atoms with Crippen molar-refractivity contribution in [3.63, 3.8) is 0 Å². The number of ether oxygens (including phenoxy) is 1. The summed E-state index contributed by atoms with van der Waals surface area (Å²) in [5, 5.41) is 3.07. The van der Waals surface area contributed by atoms with E-state index in [0.29, 0.717) is 17.2 Å². The van der Waals surface area contributed by atoms with E-state index in [1.54, 1.807) is 18.2 Å². The molecule has 3 rings (SSSR count). The first-order chi connectivity index (χ1) is 10.2. The standard InChI is InChI=1S/C16H18FN3O/c1-9-14(11-5-4-6-12(21-3)13(11)17)19-16(10-7-8-10)20-15(9)18-2/h4-6,10H,7-8H2,1-3H3,(H,18,19,20). The third-order valence-corrected chi connectivity index (χ3v) is 3.78. The Bertz CT molecular complexity index is 683. The van der Waals surface area contributed by atoms with Gasteiger partial charge in [-0.15, -0.1) is 0 Å². The molecule has 1 saturated carbocycles. The molecule has 5 heteroatoms. The number of nitrogens with zero attached hydrogens (tertiary/aromatic N) is 2. The van der Waals surface area contributed by atoms with E-state index in [2.05, 4.69) is 15.3 Å². The third kappa shape index (κ3) is 2.44. The van der Waals surface area contributed by atoms with Crippen LogP contribution in [0.5, 0.6) is 5.75 Å². The van der Waals surface area contributed by atoms with E-state index in [-0.39, 0.29) is 11.6 Å². The van der Waals surface area contributed by atoms with Crippen molar-refractivity contribution in [2.45, 2.75) is 25.7 Å². The normalized spacial score (nSPS) is 14.1. The zero-order chi connectivity index (χ0) is 15.0. The molecule has 2 aromatic rings. The van der Waals surface area contributed by atoms with Crippen LogP contribution in [0.4, 0.5) is 10.2 Å². The van der Waals surface area contributed by atoms with Crippen molar-refractivity contribution in [3.05, 3.63) is 35.4 Å². The lowest BCUT2D eigenvalue weighted by atomic mass is 10.1. The average Bonchev–Trinajstić information content (AvgIpc) is 3.33. The van der Waals surface area contributed by atoms with Crippen molar-refractivity contribution in [3.8, 4) is 17.0 Å². The van der Waals surface area contributed by atoms with Crippen molar-refractivity contribution in [2.75, 3.05) is 19.5 Å². The number of halogens is 1. The van der Waals surface area contributed by atoms with E-state index in [9.17, 15) is 4.39 Å². The molecule has 21 heavy (non-hydrogen) atoms. The lowest BCUT2D eigenvalue weighted by Crippen LogP contribution is -2.05. The number of anilines is 1. The van der Waals surface area contributed by atoms with Crippen LogP contribution in [-0.2, 0) is 0 Å². The van der Waals surface area contributed by atoms with Gasteiger partial charge in [-0.05, 0) is 31.9 Å². The van der Waals surface area contributed by atoms with E-state index >= 15 is 0 Å². The highest BCUT2D eigenvalue weighted by Gasteiger charge is 2.28. The van der Waals surface area contributed by atoms with Crippen LogP contribution >= 0.6 is 0 Å². The lowest BCUT2D eigenvalue weighted by molar-refractivity contribution is 0.387. The summed E-state index contributed by atoms with van der Waals surface area (Å²) in [6, 6.07) is 5.11. The molecule has 1 fully saturated rings. The Morgan fingerprint density at radius 3 is 2.67 bits per heavy atom. The minimum absolute atomic E-state index is 0.226. The molecule has 0 atom stereocenters. The summed E-state index contributed by atoms with van der Waals surface area (Å²) in [4.78, 5) is 9.14. The van der Waals surface area contributed by atoms with Gasteiger partial charge in [0.2, 0.25) is 0 Å². The smallest absolute Gasteiger partial charge is 0.174 e. The van der Waals surface area contributed by atoms with Crippen molar-refractivity contribution < 1.29 is 9.13 Å². The maximum absolute atomic E-state index is 14.5. The van der Waals surface area contributed by atoms with Crippen LogP contribution < -0.4 is 10.1 Å². The summed E-state index contributed by atoms with van der Waals surface area (Å²) in [6.07, 6.45) is 2.21. The Hall–Kier alpha value is -2.17. The maximum Gasteiger partial charge on any atom is 0.174 e. The highest BCUT2D eigenvalue weighted by atomic mass is 19.1. The summed E-state index contributed by atoms with van der Waals surface area (Å²) >= 11 is 0. The van der Waals surface area contributed by atoms with Crippen LogP contribution in [-0.4, -0.2) is 24.1 Å². The van der Waals surface area contributed by atoms with Crippen LogP contribution in [0.3, 0.4) is 0 Å². The number of benzene rings is 1. The Balaban J connectivity index is 2.19. The Morgan fingerprint density at radius 1 is 1.29 bits per heavy atom. The molecule has 1 N–H and O–H groups in total. The molecule has 1 aliphatic carbocycles. The van der Waals surface area contributed by atoms with E-state index in [1.807, 2.05) is 14.0 Å². The molecular formula is C16H18FN3O. The fourth-order valence-electron chi connectivity index (χ4n) is 2.42. The zero-order valence-electron chi connectivity index (χ0n) is 12.4. The van der Waals surface area contributed by atoms with Gasteiger partial charge in [-0.1, -0.05) is 6.07 Å². The zero-order valence-corrected chi connectivity index (χ0v) is 12.4. The van der Waals surface area contributed by atoms with Gasteiger partial charge >= 0.3 is 0 Å².